The summed E-state index contributed by atoms with van der Waals surface area (Å²) in [7, 11) is 0. The Balaban J connectivity index is 1.62. The minimum absolute atomic E-state index is 0.0108. The molecule has 1 unspecified atom stereocenters. The van der Waals surface area contributed by atoms with Crippen LogP contribution in [-0.2, 0) is 0 Å². The fourth-order valence-corrected chi connectivity index (χ4v) is 3.18. The van der Waals surface area contributed by atoms with Crippen LogP contribution in [-0.4, -0.2) is 65.9 Å². The van der Waals surface area contributed by atoms with Crippen molar-refractivity contribution < 1.29 is 9.72 Å². The van der Waals surface area contributed by atoms with Crippen LogP contribution in [0.2, 0.25) is 0 Å². The number of nitrogens with one attached hydrogen (secondary N) is 1. The summed E-state index contributed by atoms with van der Waals surface area (Å²) in [6, 6.07) is 6.29. The number of hydrogen-bond acceptors (Lipinski definition) is 5. The summed E-state index contributed by atoms with van der Waals surface area (Å²) in [6.07, 6.45) is 0.999. The van der Waals surface area contributed by atoms with Gasteiger partial charge in [0.1, 0.15) is 0 Å². The van der Waals surface area contributed by atoms with Gasteiger partial charge in [-0.15, -0.1) is 0 Å². The quantitative estimate of drug-likeness (QED) is 0.657. The number of benzene rings is 1. The highest BCUT2D eigenvalue weighted by Gasteiger charge is 2.31. The standard InChI is InChI=1S/C15H20N4O3/c20-15(12-1-3-13(4-2-12)19(21)22)18-8-5-14(11-18)17-9-6-16-7-10-17/h1-4,14,16H,5-11H2. The van der Waals surface area contributed by atoms with Gasteiger partial charge >= 0.3 is 0 Å². The molecule has 2 heterocycles. The van der Waals surface area contributed by atoms with Crippen LogP contribution < -0.4 is 5.32 Å². The lowest BCUT2D eigenvalue weighted by Crippen LogP contribution is -2.49. The van der Waals surface area contributed by atoms with Gasteiger partial charge in [0.25, 0.3) is 11.6 Å². The van der Waals surface area contributed by atoms with Crippen LogP contribution in [0.4, 0.5) is 5.69 Å². The molecule has 22 heavy (non-hydrogen) atoms. The Bertz CT molecular complexity index is 554. The third-order valence-corrected chi connectivity index (χ3v) is 4.44. The highest BCUT2D eigenvalue weighted by molar-refractivity contribution is 5.94. The van der Waals surface area contributed by atoms with Crippen LogP contribution in [0.25, 0.3) is 0 Å². The number of carbonyl (C=O) groups excluding carboxylic acids is 1. The van der Waals surface area contributed by atoms with Gasteiger partial charge in [-0.1, -0.05) is 0 Å². The van der Waals surface area contributed by atoms with E-state index in [1.54, 1.807) is 12.1 Å². The average molecular weight is 304 g/mol. The van der Waals surface area contributed by atoms with E-state index in [1.807, 2.05) is 4.90 Å². The molecule has 0 bridgehead atoms. The summed E-state index contributed by atoms with van der Waals surface area (Å²) in [5.74, 6) is -0.0347. The summed E-state index contributed by atoms with van der Waals surface area (Å²) in [5, 5.41) is 14.0. The maximum Gasteiger partial charge on any atom is 0.269 e. The van der Waals surface area contributed by atoms with Crippen molar-refractivity contribution in [2.45, 2.75) is 12.5 Å². The number of non-ortho nitro benzene ring substituents is 1. The lowest BCUT2D eigenvalue weighted by Gasteiger charge is -2.32. The summed E-state index contributed by atoms with van der Waals surface area (Å²) >= 11 is 0. The van der Waals surface area contributed by atoms with Crippen molar-refractivity contribution in [3.05, 3.63) is 39.9 Å². The van der Waals surface area contributed by atoms with Crippen molar-refractivity contribution in [1.29, 1.82) is 0 Å². The number of piperazine rings is 1. The van der Waals surface area contributed by atoms with Crippen LogP contribution in [0, 0.1) is 10.1 Å². The third kappa shape index (κ3) is 3.10. The molecule has 3 rings (SSSR count). The van der Waals surface area contributed by atoms with Crippen molar-refractivity contribution in [2.24, 2.45) is 0 Å². The van der Waals surface area contributed by atoms with Gasteiger partial charge < -0.3 is 10.2 Å². The van der Waals surface area contributed by atoms with Gasteiger partial charge in [0.2, 0.25) is 0 Å². The van der Waals surface area contributed by atoms with Crippen molar-refractivity contribution in [1.82, 2.24) is 15.1 Å². The molecule has 0 radical (unpaired) electrons. The number of nitro groups is 1. The molecule has 2 aliphatic rings. The topological polar surface area (TPSA) is 78.7 Å². The van der Waals surface area contributed by atoms with E-state index in [0.29, 0.717) is 11.6 Å². The van der Waals surface area contributed by atoms with E-state index in [-0.39, 0.29) is 11.6 Å². The van der Waals surface area contributed by atoms with Gasteiger partial charge in [0.15, 0.2) is 0 Å². The van der Waals surface area contributed by atoms with Gasteiger partial charge in [-0.2, -0.15) is 0 Å². The van der Waals surface area contributed by atoms with E-state index < -0.39 is 4.92 Å². The maximum absolute atomic E-state index is 12.5. The van der Waals surface area contributed by atoms with Crippen LogP contribution in [0.15, 0.2) is 24.3 Å². The number of amides is 1. The molecule has 0 spiro atoms. The molecule has 7 nitrogen and oxygen atoms in total. The maximum atomic E-state index is 12.5. The van der Waals surface area contributed by atoms with E-state index in [1.165, 1.54) is 12.1 Å². The number of nitrogens with zero attached hydrogens (tertiary/aromatic N) is 3. The van der Waals surface area contributed by atoms with E-state index in [0.717, 1.165) is 45.7 Å². The van der Waals surface area contributed by atoms with Gasteiger partial charge in [-0.25, -0.2) is 0 Å². The van der Waals surface area contributed by atoms with Crippen molar-refractivity contribution in [3.8, 4) is 0 Å². The molecule has 2 fully saturated rings. The molecule has 0 aromatic heterocycles. The fourth-order valence-electron chi connectivity index (χ4n) is 3.18. The molecular weight excluding hydrogens is 284 g/mol. The minimum Gasteiger partial charge on any atom is -0.337 e. The zero-order valence-corrected chi connectivity index (χ0v) is 12.4. The lowest BCUT2D eigenvalue weighted by atomic mass is 10.2. The summed E-state index contributed by atoms with van der Waals surface area (Å²) in [5.41, 5.74) is 0.531. The van der Waals surface area contributed by atoms with E-state index in [2.05, 4.69) is 10.2 Å². The first-order valence-electron chi connectivity index (χ1n) is 7.63. The first kappa shape index (κ1) is 14.9. The predicted octanol–water partition coefficient (Wildman–Crippen LogP) is 0.714. The largest absolute Gasteiger partial charge is 0.337 e. The SMILES string of the molecule is O=C(c1ccc([N+](=O)[O-])cc1)N1CCC(N2CCNCC2)C1. The zero-order valence-electron chi connectivity index (χ0n) is 12.4. The molecule has 1 N–H and O–H groups in total. The molecule has 0 aliphatic carbocycles. The van der Waals surface area contributed by atoms with Gasteiger partial charge in [0.05, 0.1) is 4.92 Å². The fraction of sp³-hybridized carbons (Fsp3) is 0.533. The van der Waals surface area contributed by atoms with Crippen LogP contribution >= 0.6 is 0 Å². The molecule has 2 saturated heterocycles. The second kappa shape index (κ2) is 6.41. The van der Waals surface area contributed by atoms with Gasteiger partial charge in [0, 0.05) is 63.0 Å². The Hall–Kier alpha value is -1.99. The Kier molecular flexibility index (Phi) is 4.35. The number of carbonyl (C=O) groups is 1. The minimum atomic E-state index is -0.454. The first-order valence-corrected chi connectivity index (χ1v) is 7.63. The molecule has 1 atom stereocenters. The van der Waals surface area contributed by atoms with Crippen molar-refractivity contribution in [3.63, 3.8) is 0 Å². The molecule has 0 saturated carbocycles. The number of nitro benzene ring substituents is 1. The van der Waals surface area contributed by atoms with E-state index in [9.17, 15) is 14.9 Å². The first-order chi connectivity index (χ1) is 10.6. The van der Waals surface area contributed by atoms with E-state index >= 15 is 0 Å². The summed E-state index contributed by atoms with van der Waals surface area (Å²) in [6.45, 7) is 5.58. The Morgan fingerprint density at radius 3 is 2.50 bits per heavy atom. The molecule has 1 aromatic carbocycles. The Morgan fingerprint density at radius 1 is 1.18 bits per heavy atom. The van der Waals surface area contributed by atoms with Crippen LogP contribution in [0.1, 0.15) is 16.8 Å². The molecule has 1 amide bonds. The molecule has 118 valence electrons. The van der Waals surface area contributed by atoms with E-state index in [4.69, 9.17) is 0 Å². The van der Waals surface area contributed by atoms with Crippen molar-refractivity contribution in [2.75, 3.05) is 39.3 Å². The average Bonchev–Trinajstić information content (AvgIpc) is 3.05. The number of likely N-dealkylation sites (tertiary alicyclic amines) is 1. The highest BCUT2D eigenvalue weighted by atomic mass is 16.6. The molecular formula is C15H20N4O3. The van der Waals surface area contributed by atoms with Gasteiger partial charge in [-0.05, 0) is 18.6 Å². The number of rotatable bonds is 3. The Labute approximate surface area is 129 Å². The second-order valence-corrected chi connectivity index (χ2v) is 5.78. The van der Waals surface area contributed by atoms with Crippen LogP contribution in [0.5, 0.6) is 0 Å². The molecule has 2 aliphatic heterocycles. The zero-order chi connectivity index (χ0) is 15.5. The third-order valence-electron chi connectivity index (χ3n) is 4.44. The van der Waals surface area contributed by atoms with Gasteiger partial charge in [-0.3, -0.25) is 19.8 Å². The Morgan fingerprint density at radius 2 is 1.86 bits per heavy atom. The highest BCUT2D eigenvalue weighted by Crippen LogP contribution is 2.20. The smallest absolute Gasteiger partial charge is 0.269 e. The molecule has 7 heteroatoms. The summed E-state index contributed by atoms with van der Waals surface area (Å²) < 4.78 is 0. The predicted molar refractivity (Wildman–Crippen MR) is 81.8 cm³/mol. The number of hydrogen-bond donors (Lipinski definition) is 1. The summed E-state index contributed by atoms with van der Waals surface area (Å²) in [4.78, 5) is 27.0. The van der Waals surface area contributed by atoms with Crippen LogP contribution in [0.3, 0.4) is 0 Å². The normalized spacial score (nSPS) is 22.7. The monoisotopic (exact) mass is 304 g/mol. The second-order valence-electron chi connectivity index (χ2n) is 5.78. The molecule has 1 aromatic rings. The van der Waals surface area contributed by atoms with Crippen molar-refractivity contribution >= 4 is 11.6 Å². The lowest BCUT2D eigenvalue weighted by molar-refractivity contribution is -0.384.